The second-order valence-corrected chi connectivity index (χ2v) is 5.51. The Morgan fingerprint density at radius 3 is 2.75 bits per heavy atom. The first-order valence-corrected chi connectivity index (χ1v) is 7.30. The lowest BCUT2D eigenvalue weighted by Crippen LogP contribution is -2.16. The first-order valence-electron chi connectivity index (χ1n) is 7.30. The maximum atomic E-state index is 11.9. The minimum atomic E-state index is -0.632. The number of carbonyl (C=O) groups is 1. The monoisotopic (exact) mass is 333 g/mol. The van der Waals surface area contributed by atoms with Crippen LogP contribution in [0.4, 0.5) is 11.4 Å². The van der Waals surface area contributed by atoms with Crippen LogP contribution in [0.15, 0.2) is 18.5 Å². The summed E-state index contributed by atoms with van der Waals surface area (Å²) >= 11 is 0. The highest BCUT2D eigenvalue weighted by Gasteiger charge is 2.21. The molecule has 9 nitrogen and oxygen atoms in total. The van der Waals surface area contributed by atoms with Crippen molar-refractivity contribution in [2.45, 2.75) is 19.8 Å². The number of hydrogen-bond donors (Lipinski definition) is 1. The van der Waals surface area contributed by atoms with E-state index in [9.17, 15) is 14.9 Å². The summed E-state index contributed by atoms with van der Waals surface area (Å²) in [6, 6.07) is 2.81. The number of carbonyl (C=O) groups excluding carboxylic acids is 1. The van der Waals surface area contributed by atoms with Gasteiger partial charge in [-0.15, -0.1) is 10.2 Å². The Kier molecular flexibility index (Phi) is 5.12. The molecule has 9 heteroatoms. The molecule has 0 bridgehead atoms. The van der Waals surface area contributed by atoms with Crippen LogP contribution in [-0.4, -0.2) is 39.3 Å². The standard InChI is InChI=1S/C15H19N5O4/c1-9-5-12(11(15(21)24-4)6-13(9)20(22)23)16-7-10(2)14-18-17-8-19(14)3/h5-6,8,10,16H,7H2,1-4H3/t10-/m0/s1. The van der Waals surface area contributed by atoms with Gasteiger partial charge in [0.15, 0.2) is 0 Å². The molecule has 1 heterocycles. The average Bonchev–Trinajstić information content (AvgIpc) is 2.97. The largest absolute Gasteiger partial charge is 0.465 e. The number of nitrogens with one attached hydrogen (secondary N) is 1. The van der Waals surface area contributed by atoms with E-state index >= 15 is 0 Å². The molecule has 0 spiro atoms. The molecule has 0 unspecified atom stereocenters. The Bertz CT molecular complexity index is 771. The van der Waals surface area contributed by atoms with Crippen molar-refractivity contribution < 1.29 is 14.5 Å². The van der Waals surface area contributed by atoms with Crippen LogP contribution in [0, 0.1) is 17.0 Å². The topological polar surface area (TPSA) is 112 Å². The summed E-state index contributed by atoms with van der Waals surface area (Å²) in [6.07, 6.45) is 1.61. The van der Waals surface area contributed by atoms with Crippen LogP contribution in [0.1, 0.15) is 34.6 Å². The van der Waals surface area contributed by atoms with E-state index in [4.69, 9.17) is 4.74 Å². The minimum Gasteiger partial charge on any atom is -0.465 e. The van der Waals surface area contributed by atoms with Gasteiger partial charge in [0.2, 0.25) is 0 Å². The normalized spacial score (nSPS) is 11.8. The van der Waals surface area contributed by atoms with E-state index in [1.807, 2.05) is 18.5 Å². The molecule has 128 valence electrons. The van der Waals surface area contributed by atoms with Gasteiger partial charge in [-0.25, -0.2) is 4.79 Å². The SMILES string of the molecule is COC(=O)c1cc([N+](=O)[O-])c(C)cc1NC[C@H](C)c1nncn1C. The molecule has 0 saturated heterocycles. The number of benzene rings is 1. The summed E-state index contributed by atoms with van der Waals surface area (Å²) in [5, 5.41) is 22.1. The van der Waals surface area contributed by atoms with Crippen molar-refractivity contribution in [1.29, 1.82) is 0 Å². The third-order valence-electron chi connectivity index (χ3n) is 3.72. The maximum Gasteiger partial charge on any atom is 0.340 e. The van der Waals surface area contributed by atoms with Gasteiger partial charge in [0.1, 0.15) is 12.2 Å². The predicted octanol–water partition coefficient (Wildman–Crippen LogP) is 2.03. The molecule has 1 aromatic heterocycles. The zero-order valence-electron chi connectivity index (χ0n) is 13.9. The van der Waals surface area contributed by atoms with E-state index in [-0.39, 0.29) is 17.2 Å². The number of hydrogen-bond acceptors (Lipinski definition) is 7. The number of aryl methyl sites for hydroxylation is 2. The first-order chi connectivity index (χ1) is 11.3. The molecule has 0 amide bonds. The van der Waals surface area contributed by atoms with Crippen LogP contribution >= 0.6 is 0 Å². The molecule has 0 radical (unpaired) electrons. The van der Waals surface area contributed by atoms with Gasteiger partial charge in [0.05, 0.1) is 17.6 Å². The van der Waals surface area contributed by atoms with Crippen LogP contribution < -0.4 is 5.32 Å². The van der Waals surface area contributed by atoms with Crippen LogP contribution in [0.5, 0.6) is 0 Å². The fourth-order valence-electron chi connectivity index (χ4n) is 2.41. The average molecular weight is 333 g/mol. The van der Waals surface area contributed by atoms with Gasteiger partial charge in [0, 0.05) is 36.8 Å². The Balaban J connectivity index is 2.28. The molecular weight excluding hydrogens is 314 g/mol. The quantitative estimate of drug-likeness (QED) is 0.489. The van der Waals surface area contributed by atoms with Crippen molar-refractivity contribution in [3.8, 4) is 0 Å². The number of nitrogens with zero attached hydrogens (tertiary/aromatic N) is 4. The zero-order chi connectivity index (χ0) is 17.9. The van der Waals surface area contributed by atoms with Crippen LogP contribution in [0.2, 0.25) is 0 Å². The Hall–Kier alpha value is -2.97. The number of esters is 1. The van der Waals surface area contributed by atoms with Crippen molar-refractivity contribution in [1.82, 2.24) is 14.8 Å². The van der Waals surface area contributed by atoms with Gasteiger partial charge in [-0.2, -0.15) is 0 Å². The summed E-state index contributed by atoms with van der Waals surface area (Å²) in [4.78, 5) is 22.5. The van der Waals surface area contributed by atoms with Gasteiger partial charge < -0.3 is 14.6 Å². The van der Waals surface area contributed by atoms with E-state index in [0.29, 0.717) is 17.8 Å². The van der Waals surface area contributed by atoms with E-state index in [1.54, 1.807) is 19.3 Å². The molecule has 0 aliphatic carbocycles. The lowest BCUT2D eigenvalue weighted by atomic mass is 10.1. The molecule has 0 fully saturated rings. The van der Waals surface area contributed by atoms with E-state index in [2.05, 4.69) is 15.5 Å². The van der Waals surface area contributed by atoms with Crippen LogP contribution in [-0.2, 0) is 11.8 Å². The van der Waals surface area contributed by atoms with Gasteiger partial charge in [0.25, 0.3) is 5.69 Å². The number of methoxy groups -OCH3 is 1. The van der Waals surface area contributed by atoms with Gasteiger partial charge in [-0.3, -0.25) is 10.1 Å². The lowest BCUT2D eigenvalue weighted by molar-refractivity contribution is -0.385. The Labute approximate surface area is 138 Å². The molecule has 1 N–H and O–H groups in total. The highest BCUT2D eigenvalue weighted by atomic mass is 16.6. The van der Waals surface area contributed by atoms with Gasteiger partial charge in [-0.05, 0) is 13.0 Å². The molecule has 0 saturated carbocycles. The van der Waals surface area contributed by atoms with Crippen LogP contribution in [0.3, 0.4) is 0 Å². The van der Waals surface area contributed by atoms with Gasteiger partial charge in [-0.1, -0.05) is 6.92 Å². The molecule has 2 rings (SSSR count). The molecule has 1 aromatic carbocycles. The first kappa shape index (κ1) is 17.4. The number of aromatic nitrogens is 3. The molecule has 24 heavy (non-hydrogen) atoms. The number of nitro groups is 1. The van der Waals surface area contributed by atoms with Crippen molar-refractivity contribution in [2.24, 2.45) is 7.05 Å². The molecule has 0 aliphatic rings. The molecule has 2 aromatic rings. The molecular formula is C15H19N5O4. The number of ether oxygens (including phenoxy) is 1. The van der Waals surface area contributed by atoms with Crippen molar-refractivity contribution >= 4 is 17.3 Å². The third-order valence-corrected chi connectivity index (χ3v) is 3.72. The van der Waals surface area contributed by atoms with Crippen LogP contribution in [0.25, 0.3) is 0 Å². The summed E-state index contributed by atoms with van der Waals surface area (Å²) in [5.41, 5.74) is 0.947. The van der Waals surface area contributed by atoms with E-state index in [1.165, 1.54) is 13.2 Å². The third kappa shape index (κ3) is 3.50. The maximum absolute atomic E-state index is 11.9. The fourth-order valence-corrected chi connectivity index (χ4v) is 2.41. The van der Waals surface area contributed by atoms with Crippen molar-refractivity contribution in [2.75, 3.05) is 19.0 Å². The molecule has 1 atom stereocenters. The second kappa shape index (κ2) is 7.07. The minimum absolute atomic E-state index is 0.0264. The zero-order valence-corrected chi connectivity index (χ0v) is 13.9. The van der Waals surface area contributed by atoms with Gasteiger partial charge >= 0.3 is 5.97 Å². The van der Waals surface area contributed by atoms with E-state index < -0.39 is 10.9 Å². The lowest BCUT2D eigenvalue weighted by Gasteiger charge is -2.15. The summed E-state index contributed by atoms with van der Waals surface area (Å²) in [7, 11) is 3.09. The number of rotatable bonds is 6. The smallest absolute Gasteiger partial charge is 0.340 e. The van der Waals surface area contributed by atoms with Crippen molar-refractivity contribution in [3.63, 3.8) is 0 Å². The molecule has 0 aliphatic heterocycles. The summed E-state index contributed by atoms with van der Waals surface area (Å²) in [5.74, 6) is 0.186. The Morgan fingerprint density at radius 1 is 1.50 bits per heavy atom. The highest BCUT2D eigenvalue weighted by Crippen LogP contribution is 2.28. The number of anilines is 1. The second-order valence-electron chi connectivity index (χ2n) is 5.51. The van der Waals surface area contributed by atoms with E-state index in [0.717, 1.165) is 5.82 Å². The predicted molar refractivity (Wildman–Crippen MR) is 87.1 cm³/mol. The van der Waals surface area contributed by atoms with Crippen molar-refractivity contribution in [3.05, 3.63) is 45.5 Å². The summed E-state index contributed by atoms with van der Waals surface area (Å²) < 4.78 is 6.54. The fraction of sp³-hybridized carbons (Fsp3) is 0.400. The Morgan fingerprint density at radius 2 is 2.21 bits per heavy atom. The number of nitro benzene ring substituents is 1. The highest BCUT2D eigenvalue weighted by molar-refractivity contribution is 5.96. The summed E-state index contributed by atoms with van der Waals surface area (Å²) in [6.45, 7) is 4.07.